The smallest absolute Gasteiger partial charge is 0.347 e. The van der Waals surface area contributed by atoms with Gasteiger partial charge in [-0.25, -0.2) is 9.78 Å². The first kappa shape index (κ1) is 13.3. The van der Waals surface area contributed by atoms with E-state index in [1.54, 1.807) is 0 Å². The Bertz CT molecular complexity index is 642. The predicted octanol–water partition coefficient (Wildman–Crippen LogP) is 4.04. The standard InChI is InChI=1S/C16H17NO2S/c1-10(2)12-13(14(18)19)20-15(17-12)16(8-9-16)11-6-4-3-5-7-11/h3-7,10H,8-9H2,1-2H3,(H,18,19). The molecule has 2 aromatic rings. The maximum Gasteiger partial charge on any atom is 0.347 e. The third-order valence-electron chi connectivity index (χ3n) is 3.88. The topological polar surface area (TPSA) is 50.2 Å². The van der Waals surface area contributed by atoms with Gasteiger partial charge in [0.05, 0.1) is 5.69 Å². The summed E-state index contributed by atoms with van der Waals surface area (Å²) in [4.78, 5) is 16.5. The molecule has 0 saturated heterocycles. The van der Waals surface area contributed by atoms with E-state index in [0.717, 1.165) is 23.5 Å². The summed E-state index contributed by atoms with van der Waals surface area (Å²) in [6.45, 7) is 3.99. The van der Waals surface area contributed by atoms with E-state index in [1.807, 2.05) is 32.0 Å². The van der Waals surface area contributed by atoms with Crippen molar-refractivity contribution in [2.24, 2.45) is 0 Å². The summed E-state index contributed by atoms with van der Waals surface area (Å²) in [5, 5.41) is 10.3. The van der Waals surface area contributed by atoms with Gasteiger partial charge in [-0.3, -0.25) is 0 Å². The van der Waals surface area contributed by atoms with Crippen LogP contribution in [0.2, 0.25) is 0 Å². The molecule has 104 valence electrons. The lowest BCUT2D eigenvalue weighted by Gasteiger charge is -2.12. The lowest BCUT2D eigenvalue weighted by molar-refractivity contribution is 0.0700. The highest BCUT2D eigenvalue weighted by atomic mass is 32.1. The molecule has 1 fully saturated rings. The second kappa shape index (κ2) is 4.70. The molecule has 1 saturated carbocycles. The molecule has 0 radical (unpaired) electrons. The zero-order valence-corrected chi connectivity index (χ0v) is 12.4. The highest BCUT2D eigenvalue weighted by Crippen LogP contribution is 2.55. The van der Waals surface area contributed by atoms with E-state index in [-0.39, 0.29) is 11.3 Å². The summed E-state index contributed by atoms with van der Waals surface area (Å²) in [6.07, 6.45) is 2.11. The van der Waals surface area contributed by atoms with Gasteiger partial charge in [-0.2, -0.15) is 0 Å². The lowest BCUT2D eigenvalue weighted by Crippen LogP contribution is -2.08. The van der Waals surface area contributed by atoms with Crippen molar-refractivity contribution in [2.45, 2.75) is 38.0 Å². The molecule has 3 rings (SSSR count). The van der Waals surface area contributed by atoms with Gasteiger partial charge in [0.1, 0.15) is 9.88 Å². The minimum Gasteiger partial charge on any atom is -0.477 e. The minimum absolute atomic E-state index is 0.0384. The SMILES string of the molecule is CC(C)c1nc(C2(c3ccccc3)CC2)sc1C(=O)O. The molecule has 0 bridgehead atoms. The van der Waals surface area contributed by atoms with Crippen LogP contribution in [0.4, 0.5) is 0 Å². The Morgan fingerprint density at radius 2 is 1.95 bits per heavy atom. The second-order valence-electron chi connectivity index (χ2n) is 5.64. The monoisotopic (exact) mass is 287 g/mol. The van der Waals surface area contributed by atoms with Crippen LogP contribution in [0, 0.1) is 0 Å². The van der Waals surface area contributed by atoms with E-state index in [2.05, 4.69) is 17.1 Å². The number of benzene rings is 1. The van der Waals surface area contributed by atoms with Crippen LogP contribution in [0.25, 0.3) is 0 Å². The number of carboxylic acid groups (broad SMARTS) is 1. The largest absolute Gasteiger partial charge is 0.477 e. The highest BCUT2D eigenvalue weighted by molar-refractivity contribution is 7.14. The molecule has 1 heterocycles. The van der Waals surface area contributed by atoms with E-state index < -0.39 is 5.97 Å². The van der Waals surface area contributed by atoms with Crippen molar-refractivity contribution in [2.75, 3.05) is 0 Å². The van der Waals surface area contributed by atoms with Gasteiger partial charge in [0.2, 0.25) is 0 Å². The highest BCUT2D eigenvalue weighted by Gasteiger charge is 2.49. The fourth-order valence-electron chi connectivity index (χ4n) is 2.59. The third-order valence-corrected chi connectivity index (χ3v) is 5.14. The Kier molecular flexibility index (Phi) is 3.13. The number of hydrogen-bond donors (Lipinski definition) is 1. The van der Waals surface area contributed by atoms with Crippen LogP contribution in [0.3, 0.4) is 0 Å². The van der Waals surface area contributed by atoms with Gasteiger partial charge >= 0.3 is 5.97 Å². The molecular formula is C16H17NO2S. The van der Waals surface area contributed by atoms with Gasteiger partial charge in [-0.15, -0.1) is 11.3 Å². The summed E-state index contributed by atoms with van der Waals surface area (Å²) in [5.41, 5.74) is 1.93. The summed E-state index contributed by atoms with van der Waals surface area (Å²) >= 11 is 1.35. The first-order valence-electron chi connectivity index (χ1n) is 6.84. The zero-order chi connectivity index (χ0) is 14.3. The maximum atomic E-state index is 11.4. The van der Waals surface area contributed by atoms with Gasteiger partial charge in [0.15, 0.2) is 0 Å². The van der Waals surface area contributed by atoms with Gasteiger partial charge in [0, 0.05) is 5.41 Å². The molecule has 0 spiro atoms. The first-order chi connectivity index (χ1) is 9.54. The lowest BCUT2D eigenvalue weighted by atomic mass is 9.97. The van der Waals surface area contributed by atoms with Crippen LogP contribution in [0.1, 0.15) is 58.5 Å². The van der Waals surface area contributed by atoms with Gasteiger partial charge in [-0.05, 0) is 24.3 Å². The van der Waals surface area contributed by atoms with Crippen LogP contribution >= 0.6 is 11.3 Å². The van der Waals surface area contributed by atoms with Crippen molar-refractivity contribution < 1.29 is 9.90 Å². The van der Waals surface area contributed by atoms with E-state index in [9.17, 15) is 9.90 Å². The van der Waals surface area contributed by atoms with Crippen molar-refractivity contribution in [3.63, 3.8) is 0 Å². The van der Waals surface area contributed by atoms with E-state index in [1.165, 1.54) is 16.9 Å². The molecule has 4 heteroatoms. The molecule has 0 aliphatic heterocycles. The predicted molar refractivity (Wildman–Crippen MR) is 79.6 cm³/mol. The molecule has 1 aromatic carbocycles. The van der Waals surface area contributed by atoms with E-state index in [4.69, 9.17) is 0 Å². The molecule has 1 N–H and O–H groups in total. The van der Waals surface area contributed by atoms with Gasteiger partial charge < -0.3 is 5.11 Å². The minimum atomic E-state index is -0.860. The second-order valence-corrected chi connectivity index (χ2v) is 6.64. The molecule has 0 atom stereocenters. The Labute approximate surface area is 122 Å². The van der Waals surface area contributed by atoms with Crippen molar-refractivity contribution in [3.8, 4) is 0 Å². The van der Waals surface area contributed by atoms with Crippen LogP contribution in [-0.4, -0.2) is 16.1 Å². The number of hydrogen-bond acceptors (Lipinski definition) is 3. The summed E-state index contributed by atoms with van der Waals surface area (Å²) in [7, 11) is 0. The Hall–Kier alpha value is -1.68. The number of thiazole rings is 1. The van der Waals surface area contributed by atoms with Crippen molar-refractivity contribution in [1.82, 2.24) is 4.98 Å². The summed E-state index contributed by atoms with van der Waals surface area (Å²) in [6, 6.07) is 10.3. The molecule has 0 unspecified atom stereocenters. The summed E-state index contributed by atoms with van der Waals surface area (Å²) < 4.78 is 0. The fraction of sp³-hybridized carbons (Fsp3) is 0.375. The molecule has 3 nitrogen and oxygen atoms in total. The van der Waals surface area contributed by atoms with Crippen molar-refractivity contribution >= 4 is 17.3 Å². The molecule has 20 heavy (non-hydrogen) atoms. The normalized spacial score (nSPS) is 16.4. The first-order valence-corrected chi connectivity index (χ1v) is 7.66. The quantitative estimate of drug-likeness (QED) is 0.923. The Morgan fingerprint density at radius 3 is 2.40 bits per heavy atom. The van der Waals surface area contributed by atoms with E-state index >= 15 is 0 Å². The van der Waals surface area contributed by atoms with Crippen LogP contribution in [0.5, 0.6) is 0 Å². The third kappa shape index (κ3) is 2.04. The molecule has 1 aliphatic rings. The number of rotatable bonds is 4. The number of nitrogens with zero attached hydrogens (tertiary/aromatic N) is 1. The van der Waals surface area contributed by atoms with Crippen LogP contribution in [-0.2, 0) is 5.41 Å². The maximum absolute atomic E-state index is 11.4. The average Bonchev–Trinajstić information content (AvgIpc) is 3.11. The average molecular weight is 287 g/mol. The van der Waals surface area contributed by atoms with Gasteiger partial charge in [0.25, 0.3) is 0 Å². The number of aromatic carboxylic acids is 1. The van der Waals surface area contributed by atoms with Gasteiger partial charge in [-0.1, -0.05) is 44.2 Å². The fourth-order valence-corrected chi connectivity index (χ4v) is 3.92. The number of carbonyl (C=O) groups is 1. The van der Waals surface area contributed by atoms with Crippen molar-refractivity contribution in [1.29, 1.82) is 0 Å². The van der Waals surface area contributed by atoms with E-state index in [0.29, 0.717) is 4.88 Å². The summed E-state index contributed by atoms with van der Waals surface area (Å²) in [5.74, 6) is -0.723. The zero-order valence-electron chi connectivity index (χ0n) is 11.6. The molecular weight excluding hydrogens is 270 g/mol. The molecule has 1 aromatic heterocycles. The van der Waals surface area contributed by atoms with Crippen molar-refractivity contribution in [3.05, 3.63) is 51.5 Å². The Balaban J connectivity index is 2.08. The molecule has 0 amide bonds. The Morgan fingerprint density at radius 1 is 1.30 bits per heavy atom. The molecule has 1 aliphatic carbocycles. The van der Waals surface area contributed by atoms with Crippen LogP contribution < -0.4 is 0 Å². The van der Waals surface area contributed by atoms with Crippen LogP contribution in [0.15, 0.2) is 30.3 Å². The number of aromatic nitrogens is 1. The number of carboxylic acids is 1.